The van der Waals surface area contributed by atoms with Gasteiger partial charge in [-0.2, -0.15) is 0 Å². The minimum absolute atomic E-state index is 0. The molecule has 0 unspecified atom stereocenters. The number of halogens is 1. The molecule has 0 atom stereocenters. The van der Waals surface area contributed by atoms with Crippen LogP contribution in [0, 0.1) is 5.92 Å². The average molecular weight is 355 g/mol. The third kappa shape index (κ3) is 5.56. The fraction of sp³-hybridized carbons (Fsp3) is 0.611. The van der Waals surface area contributed by atoms with Crippen LogP contribution in [0.1, 0.15) is 31.2 Å². The largest absolute Gasteiger partial charge is 0.486 e. The molecule has 1 aromatic rings. The predicted octanol–water partition coefficient (Wildman–Crippen LogP) is 2.32. The zero-order valence-corrected chi connectivity index (χ0v) is 14.8. The first-order chi connectivity index (χ1) is 11.3. The summed E-state index contributed by atoms with van der Waals surface area (Å²) in [5, 5.41) is 6.38. The minimum atomic E-state index is 0. The van der Waals surface area contributed by atoms with Gasteiger partial charge in [-0.05, 0) is 62.4 Å². The quantitative estimate of drug-likeness (QED) is 0.823. The van der Waals surface area contributed by atoms with Crippen LogP contribution in [0.3, 0.4) is 0 Å². The smallest absolute Gasteiger partial charge is 0.220 e. The second kappa shape index (κ2) is 9.74. The highest BCUT2D eigenvalue weighted by atomic mass is 35.5. The number of piperidine rings is 1. The van der Waals surface area contributed by atoms with Gasteiger partial charge in [0.2, 0.25) is 5.91 Å². The van der Waals surface area contributed by atoms with Gasteiger partial charge in [-0.25, -0.2) is 0 Å². The zero-order chi connectivity index (χ0) is 15.9. The standard InChI is InChI=1S/C18H26N2O3.ClH/c21-18(4-2-14-5-8-19-9-6-14)20-10-7-15-1-3-16-17(13-15)23-12-11-22-16;/h1,3,13-14,19H,2,4-12H2,(H,20,21);1H. The predicted molar refractivity (Wildman–Crippen MR) is 96.2 cm³/mol. The van der Waals surface area contributed by atoms with E-state index in [4.69, 9.17) is 9.47 Å². The highest BCUT2D eigenvalue weighted by Crippen LogP contribution is 2.30. The van der Waals surface area contributed by atoms with Crippen LogP contribution >= 0.6 is 12.4 Å². The molecule has 24 heavy (non-hydrogen) atoms. The van der Waals surface area contributed by atoms with Crippen molar-refractivity contribution in [2.24, 2.45) is 5.92 Å². The van der Waals surface area contributed by atoms with Gasteiger partial charge in [0.1, 0.15) is 13.2 Å². The second-order valence-corrected chi connectivity index (χ2v) is 6.31. The van der Waals surface area contributed by atoms with Crippen molar-refractivity contribution < 1.29 is 14.3 Å². The van der Waals surface area contributed by atoms with Crippen molar-refractivity contribution in [1.82, 2.24) is 10.6 Å². The fourth-order valence-electron chi connectivity index (χ4n) is 3.18. The molecule has 0 bridgehead atoms. The molecule has 2 N–H and O–H groups in total. The van der Waals surface area contributed by atoms with E-state index < -0.39 is 0 Å². The number of fused-ring (bicyclic) bond motifs is 1. The van der Waals surface area contributed by atoms with Crippen molar-refractivity contribution in [2.45, 2.75) is 32.1 Å². The van der Waals surface area contributed by atoms with Gasteiger partial charge >= 0.3 is 0 Å². The summed E-state index contributed by atoms with van der Waals surface area (Å²) < 4.78 is 11.1. The Hall–Kier alpha value is -1.46. The number of ether oxygens (including phenoxy) is 2. The average Bonchev–Trinajstić information content (AvgIpc) is 2.61. The molecular weight excluding hydrogens is 328 g/mol. The van der Waals surface area contributed by atoms with Gasteiger partial charge in [-0.15, -0.1) is 12.4 Å². The van der Waals surface area contributed by atoms with Crippen LogP contribution in [0.2, 0.25) is 0 Å². The zero-order valence-electron chi connectivity index (χ0n) is 14.0. The molecule has 3 rings (SSSR count). The Morgan fingerprint density at radius 2 is 1.92 bits per heavy atom. The Morgan fingerprint density at radius 1 is 1.17 bits per heavy atom. The molecule has 1 saturated heterocycles. The summed E-state index contributed by atoms with van der Waals surface area (Å²) in [5.41, 5.74) is 1.16. The Balaban J connectivity index is 0.00000208. The number of carbonyl (C=O) groups is 1. The molecule has 2 aliphatic heterocycles. The summed E-state index contributed by atoms with van der Waals surface area (Å²) in [6.07, 6.45) is 4.87. The molecule has 1 aromatic carbocycles. The number of carbonyl (C=O) groups excluding carboxylic acids is 1. The van der Waals surface area contributed by atoms with Crippen molar-refractivity contribution in [3.8, 4) is 11.5 Å². The highest BCUT2D eigenvalue weighted by Gasteiger charge is 2.14. The molecule has 0 aromatic heterocycles. The van der Waals surface area contributed by atoms with Crippen LogP contribution in [0.15, 0.2) is 18.2 Å². The summed E-state index contributed by atoms with van der Waals surface area (Å²) in [7, 11) is 0. The Bertz CT molecular complexity index is 533. The van der Waals surface area contributed by atoms with Crippen molar-refractivity contribution in [3.05, 3.63) is 23.8 Å². The number of nitrogens with one attached hydrogen (secondary N) is 2. The van der Waals surface area contributed by atoms with Gasteiger partial charge < -0.3 is 20.1 Å². The Labute approximate surface area is 149 Å². The molecule has 0 radical (unpaired) electrons. The first-order valence-corrected chi connectivity index (χ1v) is 8.67. The molecule has 0 saturated carbocycles. The second-order valence-electron chi connectivity index (χ2n) is 6.31. The van der Waals surface area contributed by atoms with E-state index in [2.05, 4.69) is 10.6 Å². The van der Waals surface area contributed by atoms with Crippen molar-refractivity contribution in [1.29, 1.82) is 0 Å². The van der Waals surface area contributed by atoms with Crippen LogP contribution in [0.5, 0.6) is 11.5 Å². The summed E-state index contributed by atoms with van der Waals surface area (Å²) in [6.45, 7) is 4.07. The van der Waals surface area contributed by atoms with Crippen molar-refractivity contribution in [3.63, 3.8) is 0 Å². The molecule has 134 valence electrons. The van der Waals surface area contributed by atoms with Gasteiger partial charge in [0, 0.05) is 13.0 Å². The van der Waals surface area contributed by atoms with Crippen molar-refractivity contribution in [2.75, 3.05) is 32.8 Å². The molecule has 2 aliphatic rings. The lowest BCUT2D eigenvalue weighted by atomic mass is 9.93. The van der Waals surface area contributed by atoms with Gasteiger partial charge in [0.05, 0.1) is 0 Å². The van der Waals surface area contributed by atoms with Gasteiger partial charge in [0.15, 0.2) is 11.5 Å². The maximum Gasteiger partial charge on any atom is 0.220 e. The number of benzene rings is 1. The normalized spacial score (nSPS) is 17.0. The lowest BCUT2D eigenvalue weighted by Gasteiger charge is -2.22. The van der Waals surface area contributed by atoms with E-state index >= 15 is 0 Å². The summed E-state index contributed by atoms with van der Waals surface area (Å²) in [4.78, 5) is 11.9. The monoisotopic (exact) mass is 354 g/mol. The number of amides is 1. The van der Waals surface area contributed by atoms with Gasteiger partial charge in [-0.1, -0.05) is 6.07 Å². The SMILES string of the molecule is Cl.O=C(CCC1CCNCC1)NCCc1ccc2c(c1)OCCO2. The van der Waals surface area contributed by atoms with E-state index in [-0.39, 0.29) is 18.3 Å². The van der Waals surface area contributed by atoms with Gasteiger partial charge in [0.25, 0.3) is 0 Å². The van der Waals surface area contributed by atoms with E-state index in [9.17, 15) is 4.79 Å². The first-order valence-electron chi connectivity index (χ1n) is 8.67. The van der Waals surface area contributed by atoms with Crippen LogP contribution in [-0.2, 0) is 11.2 Å². The number of rotatable bonds is 6. The Morgan fingerprint density at radius 3 is 2.71 bits per heavy atom. The van der Waals surface area contributed by atoms with E-state index in [0.717, 1.165) is 43.0 Å². The lowest BCUT2D eigenvalue weighted by molar-refractivity contribution is -0.121. The first kappa shape index (κ1) is 18.9. The summed E-state index contributed by atoms with van der Waals surface area (Å²) >= 11 is 0. The fourth-order valence-corrected chi connectivity index (χ4v) is 3.18. The molecule has 2 heterocycles. The third-order valence-corrected chi connectivity index (χ3v) is 4.58. The van der Waals surface area contributed by atoms with Crippen molar-refractivity contribution >= 4 is 18.3 Å². The minimum Gasteiger partial charge on any atom is -0.486 e. The van der Waals surface area contributed by atoms with Crippen LogP contribution in [0.25, 0.3) is 0 Å². The Kier molecular flexibility index (Phi) is 7.66. The van der Waals surface area contributed by atoms with Crippen LogP contribution in [0.4, 0.5) is 0 Å². The molecule has 1 amide bonds. The van der Waals surface area contributed by atoms with E-state index in [1.807, 2.05) is 18.2 Å². The number of hydrogen-bond acceptors (Lipinski definition) is 4. The molecule has 6 heteroatoms. The number of hydrogen-bond donors (Lipinski definition) is 2. The van der Waals surface area contributed by atoms with E-state index in [1.165, 1.54) is 12.8 Å². The maximum atomic E-state index is 11.9. The van der Waals surface area contributed by atoms with Gasteiger partial charge in [-0.3, -0.25) is 4.79 Å². The lowest BCUT2D eigenvalue weighted by Crippen LogP contribution is -2.30. The van der Waals surface area contributed by atoms with Crippen LogP contribution < -0.4 is 20.1 Å². The molecule has 5 nitrogen and oxygen atoms in total. The molecular formula is C18H27ClN2O3. The summed E-state index contributed by atoms with van der Waals surface area (Å²) in [6, 6.07) is 5.99. The topological polar surface area (TPSA) is 59.6 Å². The molecule has 0 aliphatic carbocycles. The maximum absolute atomic E-state index is 11.9. The summed E-state index contributed by atoms with van der Waals surface area (Å²) in [5.74, 6) is 2.50. The molecule has 1 fully saturated rings. The third-order valence-electron chi connectivity index (χ3n) is 4.58. The van der Waals surface area contributed by atoms with Crippen LogP contribution in [-0.4, -0.2) is 38.8 Å². The highest BCUT2D eigenvalue weighted by molar-refractivity contribution is 5.85. The molecule has 0 spiro atoms. The van der Waals surface area contributed by atoms with E-state index in [1.54, 1.807) is 0 Å². The van der Waals surface area contributed by atoms with E-state index in [0.29, 0.717) is 32.1 Å².